The molecular formula is C23H30N6O2. The Kier molecular flexibility index (Phi) is 8.75. The molecule has 0 atom stereocenters. The zero-order chi connectivity index (χ0) is 22.8. The number of nitrogens with zero attached hydrogens (tertiary/aromatic N) is 4. The van der Waals surface area contributed by atoms with Crippen LogP contribution in [0.4, 0.5) is 11.4 Å². The van der Waals surface area contributed by atoms with Crippen molar-refractivity contribution in [1.29, 1.82) is 0 Å². The summed E-state index contributed by atoms with van der Waals surface area (Å²) in [4.78, 5) is 28.7. The molecule has 0 unspecified atom stereocenters. The number of hydrogen-bond donors (Lipinski definition) is 2. The summed E-state index contributed by atoms with van der Waals surface area (Å²) in [6.45, 7) is 1.76. The van der Waals surface area contributed by atoms with Gasteiger partial charge in [0.15, 0.2) is 0 Å². The lowest BCUT2D eigenvalue weighted by Gasteiger charge is -2.12. The molecule has 0 aliphatic carbocycles. The highest BCUT2D eigenvalue weighted by Crippen LogP contribution is 2.12. The van der Waals surface area contributed by atoms with Crippen LogP contribution in [-0.4, -0.2) is 52.4 Å². The number of anilines is 2. The Hall–Kier alpha value is -3.68. The SMILES string of the molecule is CCC(C(=O)N/N=C\c1ccc(N(C)C)cc1)C(=O)N/N=C\c1ccc(N(C)C)cc1. The molecule has 0 radical (unpaired) electrons. The minimum Gasteiger partial charge on any atom is -0.378 e. The third-order valence-corrected chi connectivity index (χ3v) is 4.64. The fraction of sp³-hybridized carbons (Fsp3) is 0.304. The first-order chi connectivity index (χ1) is 14.8. The highest BCUT2D eigenvalue weighted by Gasteiger charge is 2.24. The van der Waals surface area contributed by atoms with E-state index in [-0.39, 0.29) is 0 Å². The number of hydrazone groups is 2. The number of rotatable bonds is 9. The third kappa shape index (κ3) is 7.26. The first-order valence-corrected chi connectivity index (χ1v) is 10.0. The van der Waals surface area contributed by atoms with Crippen molar-refractivity contribution in [3.8, 4) is 0 Å². The Bertz CT molecular complexity index is 843. The summed E-state index contributed by atoms with van der Waals surface area (Å²) in [5, 5.41) is 7.91. The van der Waals surface area contributed by atoms with Crippen molar-refractivity contribution in [3.63, 3.8) is 0 Å². The molecule has 2 rings (SSSR count). The molecular weight excluding hydrogens is 392 g/mol. The third-order valence-electron chi connectivity index (χ3n) is 4.64. The minimum atomic E-state index is -0.887. The number of carbonyl (C=O) groups excluding carboxylic acids is 2. The lowest BCUT2D eigenvalue weighted by molar-refractivity contribution is -0.135. The van der Waals surface area contributed by atoms with Crippen molar-refractivity contribution < 1.29 is 9.59 Å². The van der Waals surface area contributed by atoms with Crippen molar-refractivity contribution >= 4 is 35.6 Å². The van der Waals surface area contributed by atoms with Crippen LogP contribution >= 0.6 is 0 Å². The average Bonchev–Trinajstić information content (AvgIpc) is 2.75. The monoisotopic (exact) mass is 422 g/mol. The van der Waals surface area contributed by atoms with Gasteiger partial charge in [-0.3, -0.25) is 9.59 Å². The molecule has 31 heavy (non-hydrogen) atoms. The summed E-state index contributed by atoms with van der Waals surface area (Å²) in [6.07, 6.45) is 3.41. The van der Waals surface area contributed by atoms with E-state index in [0.717, 1.165) is 22.5 Å². The lowest BCUT2D eigenvalue weighted by atomic mass is 10.1. The minimum absolute atomic E-state index is 0.331. The van der Waals surface area contributed by atoms with Gasteiger partial charge >= 0.3 is 0 Å². The summed E-state index contributed by atoms with van der Waals surface area (Å²) in [5.41, 5.74) is 8.67. The molecule has 0 aliphatic rings. The van der Waals surface area contributed by atoms with Crippen LogP contribution in [-0.2, 0) is 9.59 Å². The smallest absolute Gasteiger partial charge is 0.252 e. The zero-order valence-corrected chi connectivity index (χ0v) is 18.7. The zero-order valence-electron chi connectivity index (χ0n) is 18.7. The number of benzene rings is 2. The lowest BCUT2D eigenvalue weighted by Crippen LogP contribution is -2.37. The molecule has 2 N–H and O–H groups in total. The summed E-state index contributed by atoms with van der Waals surface area (Å²) in [6, 6.07) is 15.4. The Morgan fingerprint density at radius 3 is 1.42 bits per heavy atom. The van der Waals surface area contributed by atoms with Crippen LogP contribution in [0.5, 0.6) is 0 Å². The van der Waals surface area contributed by atoms with Gasteiger partial charge < -0.3 is 9.80 Å². The number of nitrogens with one attached hydrogen (secondary N) is 2. The molecule has 0 saturated heterocycles. The predicted molar refractivity (Wildman–Crippen MR) is 127 cm³/mol. The van der Waals surface area contributed by atoms with Crippen LogP contribution < -0.4 is 20.7 Å². The van der Waals surface area contributed by atoms with Gasteiger partial charge in [0, 0.05) is 39.6 Å². The molecule has 164 valence electrons. The molecule has 0 bridgehead atoms. The average molecular weight is 423 g/mol. The van der Waals surface area contributed by atoms with Crippen LogP contribution in [0.3, 0.4) is 0 Å². The molecule has 2 aromatic carbocycles. The van der Waals surface area contributed by atoms with Gasteiger partial charge in [-0.2, -0.15) is 10.2 Å². The molecule has 2 amide bonds. The second-order valence-electron chi connectivity index (χ2n) is 7.40. The van der Waals surface area contributed by atoms with E-state index >= 15 is 0 Å². The predicted octanol–water partition coefficient (Wildman–Crippen LogP) is 2.45. The summed E-state index contributed by atoms with van der Waals surface area (Å²) in [7, 11) is 7.85. The second-order valence-corrected chi connectivity index (χ2v) is 7.40. The van der Waals surface area contributed by atoms with Gasteiger partial charge in [0.1, 0.15) is 5.92 Å². The summed E-state index contributed by atoms with van der Waals surface area (Å²) in [5.74, 6) is -1.85. The molecule has 0 heterocycles. The van der Waals surface area contributed by atoms with Gasteiger partial charge in [-0.1, -0.05) is 31.2 Å². The van der Waals surface area contributed by atoms with Gasteiger partial charge in [-0.15, -0.1) is 0 Å². The van der Waals surface area contributed by atoms with Gasteiger partial charge in [0.25, 0.3) is 11.8 Å². The topological polar surface area (TPSA) is 89.4 Å². The van der Waals surface area contributed by atoms with E-state index in [1.807, 2.05) is 86.5 Å². The maximum Gasteiger partial charge on any atom is 0.252 e. The fourth-order valence-corrected chi connectivity index (χ4v) is 2.70. The summed E-state index contributed by atoms with van der Waals surface area (Å²) < 4.78 is 0. The molecule has 8 nitrogen and oxygen atoms in total. The van der Waals surface area contributed by atoms with Crippen LogP contribution in [0.2, 0.25) is 0 Å². The second kappa shape index (κ2) is 11.5. The molecule has 0 saturated carbocycles. The van der Waals surface area contributed by atoms with E-state index in [1.54, 1.807) is 6.92 Å². The van der Waals surface area contributed by atoms with Gasteiger partial charge in [-0.25, -0.2) is 10.9 Å². The van der Waals surface area contributed by atoms with E-state index in [4.69, 9.17) is 0 Å². The van der Waals surface area contributed by atoms with Crippen LogP contribution in [0.15, 0.2) is 58.7 Å². The van der Waals surface area contributed by atoms with E-state index < -0.39 is 17.7 Å². The first kappa shape index (κ1) is 23.6. The standard InChI is InChI=1S/C23H30N6O2/c1-6-21(22(30)26-24-15-17-7-11-19(12-8-17)28(2)3)23(31)27-25-16-18-9-13-20(14-10-18)29(4)5/h7-16,21H,6H2,1-5H3,(H,26,30)(H,27,31)/b24-15-,25-16-. The fourth-order valence-electron chi connectivity index (χ4n) is 2.70. The van der Waals surface area contributed by atoms with Gasteiger partial charge in [0.2, 0.25) is 0 Å². The van der Waals surface area contributed by atoms with E-state index in [9.17, 15) is 9.59 Å². The number of hydrogen-bond acceptors (Lipinski definition) is 6. The molecule has 0 fully saturated rings. The van der Waals surface area contributed by atoms with Crippen molar-refractivity contribution in [1.82, 2.24) is 10.9 Å². The van der Waals surface area contributed by atoms with Crippen LogP contribution in [0.1, 0.15) is 24.5 Å². The Morgan fingerprint density at radius 2 is 1.13 bits per heavy atom. The Labute approximate surface area is 183 Å². The van der Waals surface area contributed by atoms with Crippen molar-refractivity contribution in [3.05, 3.63) is 59.7 Å². The van der Waals surface area contributed by atoms with E-state index in [2.05, 4.69) is 21.1 Å². The quantitative estimate of drug-likeness (QED) is 0.369. The summed E-state index contributed by atoms with van der Waals surface area (Å²) >= 11 is 0. The normalized spacial score (nSPS) is 11.2. The van der Waals surface area contributed by atoms with Crippen molar-refractivity contribution in [2.75, 3.05) is 38.0 Å². The Balaban J connectivity index is 1.88. The molecule has 2 aromatic rings. The van der Waals surface area contributed by atoms with Crippen molar-refractivity contribution in [2.45, 2.75) is 13.3 Å². The molecule has 0 aromatic heterocycles. The van der Waals surface area contributed by atoms with E-state index in [0.29, 0.717) is 6.42 Å². The van der Waals surface area contributed by atoms with E-state index in [1.165, 1.54) is 12.4 Å². The highest BCUT2D eigenvalue weighted by molar-refractivity contribution is 6.00. The number of carbonyl (C=O) groups is 2. The highest BCUT2D eigenvalue weighted by atomic mass is 16.2. The molecule has 0 aliphatic heterocycles. The molecule has 0 spiro atoms. The maximum atomic E-state index is 12.3. The van der Waals surface area contributed by atoms with Crippen molar-refractivity contribution in [2.24, 2.45) is 16.1 Å². The maximum absolute atomic E-state index is 12.3. The van der Waals surface area contributed by atoms with Gasteiger partial charge in [0.05, 0.1) is 12.4 Å². The Morgan fingerprint density at radius 1 is 0.774 bits per heavy atom. The first-order valence-electron chi connectivity index (χ1n) is 10.0. The molecule has 8 heteroatoms. The van der Waals surface area contributed by atoms with Gasteiger partial charge in [-0.05, 0) is 41.8 Å². The van der Waals surface area contributed by atoms with Crippen LogP contribution in [0, 0.1) is 5.92 Å². The largest absolute Gasteiger partial charge is 0.378 e. The number of amides is 2. The van der Waals surface area contributed by atoms with Crippen LogP contribution in [0.25, 0.3) is 0 Å².